The highest BCUT2D eigenvalue weighted by Gasteiger charge is 2.55. The molecule has 1 saturated carbocycles. The molecule has 2 heterocycles. The number of nitrogens with zero attached hydrogens (tertiary/aromatic N) is 2. The van der Waals surface area contributed by atoms with Gasteiger partial charge in [-0.1, -0.05) is 30.3 Å². The van der Waals surface area contributed by atoms with E-state index < -0.39 is 23.3 Å². The standard InChI is InChI=1S/C25H30F3N3O2/c1-17(32)24(23(33)30-15-18-11-21(16-29-14-18)25(26,27)28)12-22(13-24)31-9-7-20(8-10-31)19-5-3-2-4-6-19/h2-6,11,14,16-17,20,22,32H,7-10,12-13,15H2,1H3,(H,30,33). The first-order chi connectivity index (χ1) is 15.7. The zero-order chi connectivity index (χ0) is 23.6. The van der Waals surface area contributed by atoms with Crippen molar-refractivity contribution in [3.05, 3.63) is 65.5 Å². The highest BCUT2D eigenvalue weighted by molar-refractivity contribution is 5.84. The molecular formula is C25H30F3N3O2. The summed E-state index contributed by atoms with van der Waals surface area (Å²) >= 11 is 0. The minimum atomic E-state index is -4.48. The summed E-state index contributed by atoms with van der Waals surface area (Å²) in [7, 11) is 0. The number of amides is 1. The van der Waals surface area contributed by atoms with Gasteiger partial charge in [-0.25, -0.2) is 0 Å². The molecule has 4 rings (SSSR count). The lowest BCUT2D eigenvalue weighted by Gasteiger charge is -2.53. The number of aliphatic hydroxyl groups is 1. The molecule has 33 heavy (non-hydrogen) atoms. The molecule has 0 radical (unpaired) electrons. The van der Waals surface area contributed by atoms with Crippen molar-refractivity contribution >= 4 is 5.91 Å². The van der Waals surface area contributed by atoms with Crippen LogP contribution in [0.1, 0.15) is 55.2 Å². The third-order valence-electron chi connectivity index (χ3n) is 7.34. The molecule has 1 atom stereocenters. The lowest BCUT2D eigenvalue weighted by Crippen LogP contribution is -2.62. The number of aromatic nitrogens is 1. The number of rotatable bonds is 6. The zero-order valence-corrected chi connectivity index (χ0v) is 18.7. The van der Waals surface area contributed by atoms with Crippen molar-refractivity contribution in [3.8, 4) is 0 Å². The number of halogens is 3. The van der Waals surface area contributed by atoms with E-state index in [0.717, 1.165) is 38.2 Å². The van der Waals surface area contributed by atoms with Crippen LogP contribution in [0.2, 0.25) is 0 Å². The van der Waals surface area contributed by atoms with Crippen molar-refractivity contribution in [2.75, 3.05) is 13.1 Å². The fraction of sp³-hybridized carbons (Fsp3) is 0.520. The molecular weight excluding hydrogens is 431 g/mol. The lowest BCUT2D eigenvalue weighted by atomic mass is 9.61. The highest BCUT2D eigenvalue weighted by atomic mass is 19.4. The summed E-state index contributed by atoms with van der Waals surface area (Å²) in [5.74, 6) is 0.235. The molecule has 178 valence electrons. The average molecular weight is 462 g/mol. The van der Waals surface area contributed by atoms with Crippen molar-refractivity contribution in [3.63, 3.8) is 0 Å². The third kappa shape index (κ3) is 5.06. The van der Waals surface area contributed by atoms with E-state index in [1.165, 1.54) is 11.8 Å². The monoisotopic (exact) mass is 461 g/mol. The van der Waals surface area contributed by atoms with Crippen LogP contribution in [-0.4, -0.2) is 46.1 Å². The molecule has 2 fully saturated rings. The van der Waals surface area contributed by atoms with E-state index >= 15 is 0 Å². The maximum atomic E-state index is 13.0. The van der Waals surface area contributed by atoms with Crippen LogP contribution in [0.3, 0.4) is 0 Å². The maximum absolute atomic E-state index is 13.0. The zero-order valence-electron chi connectivity index (χ0n) is 18.7. The Morgan fingerprint density at radius 3 is 2.48 bits per heavy atom. The molecule has 1 unspecified atom stereocenters. The maximum Gasteiger partial charge on any atom is 0.417 e. The van der Waals surface area contributed by atoms with Gasteiger partial charge in [0.2, 0.25) is 5.91 Å². The number of carbonyl (C=O) groups excluding carboxylic acids is 1. The second-order valence-electron chi connectivity index (χ2n) is 9.38. The van der Waals surface area contributed by atoms with E-state index in [0.29, 0.717) is 18.8 Å². The number of pyridine rings is 1. The summed E-state index contributed by atoms with van der Waals surface area (Å²) in [6, 6.07) is 11.7. The predicted molar refractivity (Wildman–Crippen MR) is 118 cm³/mol. The Bertz CT molecular complexity index is 951. The fourth-order valence-corrected chi connectivity index (χ4v) is 5.18. The Labute approximate surface area is 192 Å². The minimum absolute atomic E-state index is 0.0582. The summed E-state index contributed by atoms with van der Waals surface area (Å²) in [6.07, 6.45) is -0.0156. The van der Waals surface area contributed by atoms with Gasteiger partial charge in [0.25, 0.3) is 0 Å². The largest absolute Gasteiger partial charge is 0.417 e. The van der Waals surface area contributed by atoms with Crippen molar-refractivity contribution in [1.29, 1.82) is 0 Å². The van der Waals surface area contributed by atoms with Crippen LogP contribution < -0.4 is 5.32 Å². The van der Waals surface area contributed by atoms with E-state index in [-0.39, 0.29) is 24.1 Å². The molecule has 1 aliphatic heterocycles. The van der Waals surface area contributed by atoms with Crippen molar-refractivity contribution in [2.24, 2.45) is 5.41 Å². The number of hydrogen-bond donors (Lipinski definition) is 2. The van der Waals surface area contributed by atoms with Crippen LogP contribution in [0.5, 0.6) is 0 Å². The molecule has 1 aromatic heterocycles. The smallest absolute Gasteiger partial charge is 0.392 e. The summed E-state index contributed by atoms with van der Waals surface area (Å²) < 4.78 is 38.7. The number of carbonyl (C=O) groups is 1. The summed E-state index contributed by atoms with van der Waals surface area (Å²) in [6.45, 7) is 3.47. The molecule has 8 heteroatoms. The van der Waals surface area contributed by atoms with Crippen LogP contribution in [0.15, 0.2) is 48.8 Å². The van der Waals surface area contributed by atoms with Gasteiger partial charge >= 0.3 is 6.18 Å². The van der Waals surface area contributed by atoms with Crippen LogP contribution in [-0.2, 0) is 17.5 Å². The molecule has 0 spiro atoms. The Balaban J connectivity index is 1.32. The van der Waals surface area contributed by atoms with Gasteiger partial charge in [0.05, 0.1) is 17.1 Å². The van der Waals surface area contributed by atoms with E-state index in [1.54, 1.807) is 6.92 Å². The Hall–Kier alpha value is -2.45. The van der Waals surface area contributed by atoms with Gasteiger partial charge in [-0.2, -0.15) is 13.2 Å². The van der Waals surface area contributed by atoms with E-state index in [1.807, 2.05) is 6.07 Å². The Kier molecular flexibility index (Phi) is 6.77. The molecule has 1 aliphatic carbocycles. The Morgan fingerprint density at radius 2 is 1.88 bits per heavy atom. The predicted octanol–water partition coefficient (Wildman–Crippen LogP) is 4.13. The van der Waals surface area contributed by atoms with Crippen LogP contribution >= 0.6 is 0 Å². The SMILES string of the molecule is CC(O)C1(C(=O)NCc2cncc(C(F)(F)F)c2)CC(N2CCC(c3ccccc3)CC2)C1. The number of nitrogens with one attached hydrogen (secondary N) is 1. The number of piperidine rings is 1. The average Bonchev–Trinajstić information content (AvgIpc) is 2.77. The molecule has 1 amide bonds. The van der Waals surface area contributed by atoms with Gasteiger partial charge in [-0.05, 0) is 68.8 Å². The molecule has 5 nitrogen and oxygen atoms in total. The first-order valence-corrected chi connectivity index (χ1v) is 11.5. The van der Waals surface area contributed by atoms with Gasteiger partial charge in [0.1, 0.15) is 0 Å². The summed E-state index contributed by atoms with van der Waals surface area (Å²) in [4.78, 5) is 19.0. The summed E-state index contributed by atoms with van der Waals surface area (Å²) in [5.41, 5.74) is -0.108. The topological polar surface area (TPSA) is 65.5 Å². The number of hydrogen-bond acceptors (Lipinski definition) is 4. The molecule has 0 bridgehead atoms. The van der Waals surface area contributed by atoms with Crippen molar-refractivity contribution in [1.82, 2.24) is 15.2 Å². The number of aliphatic hydroxyl groups excluding tert-OH is 1. The molecule has 2 aromatic rings. The normalized spacial score (nSPS) is 25.3. The minimum Gasteiger partial charge on any atom is -0.392 e. The highest BCUT2D eigenvalue weighted by Crippen LogP contribution is 2.48. The van der Waals surface area contributed by atoms with E-state index in [2.05, 4.69) is 39.5 Å². The van der Waals surface area contributed by atoms with E-state index in [4.69, 9.17) is 0 Å². The number of alkyl halides is 3. The van der Waals surface area contributed by atoms with Crippen molar-refractivity contribution < 1.29 is 23.1 Å². The van der Waals surface area contributed by atoms with Crippen LogP contribution in [0.4, 0.5) is 13.2 Å². The molecule has 1 aromatic carbocycles. The van der Waals surface area contributed by atoms with E-state index in [9.17, 15) is 23.1 Å². The van der Waals surface area contributed by atoms with Gasteiger partial charge in [0, 0.05) is 25.0 Å². The van der Waals surface area contributed by atoms with Crippen LogP contribution in [0.25, 0.3) is 0 Å². The summed E-state index contributed by atoms with van der Waals surface area (Å²) in [5, 5.41) is 13.1. The fourth-order valence-electron chi connectivity index (χ4n) is 5.18. The number of likely N-dealkylation sites (tertiary alicyclic amines) is 1. The van der Waals surface area contributed by atoms with Gasteiger partial charge in [-0.15, -0.1) is 0 Å². The lowest BCUT2D eigenvalue weighted by molar-refractivity contribution is -0.154. The Morgan fingerprint density at radius 1 is 1.21 bits per heavy atom. The van der Waals surface area contributed by atoms with Gasteiger partial charge in [-0.3, -0.25) is 9.78 Å². The second kappa shape index (κ2) is 9.43. The second-order valence-corrected chi connectivity index (χ2v) is 9.38. The molecule has 1 saturated heterocycles. The first-order valence-electron chi connectivity index (χ1n) is 11.5. The number of benzene rings is 1. The van der Waals surface area contributed by atoms with Crippen molar-refractivity contribution in [2.45, 2.75) is 63.4 Å². The van der Waals surface area contributed by atoms with Crippen LogP contribution in [0, 0.1) is 5.41 Å². The first kappa shape index (κ1) is 23.7. The molecule has 2 aliphatic rings. The van der Waals surface area contributed by atoms with Gasteiger partial charge in [0.15, 0.2) is 0 Å². The van der Waals surface area contributed by atoms with Gasteiger partial charge < -0.3 is 15.3 Å². The third-order valence-corrected chi connectivity index (χ3v) is 7.34. The molecule has 2 N–H and O–H groups in total. The quantitative estimate of drug-likeness (QED) is 0.679.